The Labute approximate surface area is 250 Å². The van der Waals surface area contributed by atoms with Crippen LogP contribution in [0.25, 0.3) is 0 Å². The van der Waals surface area contributed by atoms with Crippen molar-refractivity contribution in [3.05, 3.63) is 35.1 Å². The lowest BCUT2D eigenvalue weighted by atomic mass is 9.50. The van der Waals surface area contributed by atoms with Crippen LogP contribution < -0.4 is 14.8 Å². The van der Waals surface area contributed by atoms with E-state index in [1.165, 1.54) is 6.92 Å². The van der Waals surface area contributed by atoms with Crippen molar-refractivity contribution < 1.29 is 48.3 Å². The summed E-state index contributed by atoms with van der Waals surface area (Å²) in [5, 5.41) is 24.0. The van der Waals surface area contributed by atoms with Crippen LogP contribution in [0, 0.1) is 5.92 Å². The van der Waals surface area contributed by atoms with Gasteiger partial charge in [-0.2, -0.15) is 0 Å². The summed E-state index contributed by atoms with van der Waals surface area (Å²) >= 11 is 0. The third-order valence-corrected chi connectivity index (χ3v) is 9.32. The van der Waals surface area contributed by atoms with Gasteiger partial charge in [-0.05, 0) is 63.4 Å². The summed E-state index contributed by atoms with van der Waals surface area (Å²) in [4.78, 5) is 51.4. The van der Waals surface area contributed by atoms with Gasteiger partial charge in [-0.15, -0.1) is 0 Å². The molecule has 1 amide bonds. The molecule has 1 spiro atoms. The lowest BCUT2D eigenvalue weighted by Gasteiger charge is -2.61. The molecule has 4 aliphatic rings. The normalized spacial score (nSPS) is 28.1. The van der Waals surface area contributed by atoms with Gasteiger partial charge in [0.1, 0.15) is 11.8 Å². The van der Waals surface area contributed by atoms with E-state index in [1.54, 1.807) is 13.2 Å². The highest BCUT2D eigenvalue weighted by atomic mass is 16.6. The van der Waals surface area contributed by atoms with Gasteiger partial charge in [0.05, 0.1) is 31.0 Å². The number of aliphatic carboxylic acids is 1. The molecule has 1 saturated heterocycles. The maximum Gasteiger partial charge on any atom is 0.326 e. The number of nitrogens with one attached hydrogen (secondary N) is 1. The van der Waals surface area contributed by atoms with E-state index in [0.29, 0.717) is 24.3 Å². The average Bonchev–Trinajstić information content (AvgIpc) is 3.30. The van der Waals surface area contributed by atoms with Crippen molar-refractivity contribution in [2.75, 3.05) is 20.7 Å². The number of carbonyl (C=O) groups is 4. The zero-order valence-corrected chi connectivity index (χ0v) is 25.2. The number of ether oxygens (including phenoxy) is 4. The van der Waals surface area contributed by atoms with Crippen LogP contribution >= 0.6 is 0 Å². The third kappa shape index (κ3) is 5.14. The third-order valence-electron chi connectivity index (χ3n) is 9.32. The molecule has 1 aromatic rings. The summed E-state index contributed by atoms with van der Waals surface area (Å²) in [6.45, 7) is 5.73. The highest BCUT2D eigenvalue weighted by Gasteiger charge is 2.72. The van der Waals surface area contributed by atoms with Crippen LogP contribution in [0.5, 0.6) is 11.5 Å². The summed E-state index contributed by atoms with van der Waals surface area (Å²) in [5.74, 6) is -1.97. The Hall–Kier alpha value is -3.64. The number of hydrogen-bond acceptors (Lipinski definition) is 10. The molecule has 12 heteroatoms. The van der Waals surface area contributed by atoms with Crippen LogP contribution in [0.4, 0.5) is 0 Å². The molecular formula is C31H40N2O10. The highest BCUT2D eigenvalue weighted by molar-refractivity contribution is 5.88. The van der Waals surface area contributed by atoms with Crippen molar-refractivity contribution in [1.82, 2.24) is 10.2 Å². The van der Waals surface area contributed by atoms with E-state index in [-0.39, 0.29) is 43.4 Å². The topological polar surface area (TPSA) is 161 Å². The minimum atomic E-state index is -1.24. The number of rotatable bonds is 11. The Bertz CT molecular complexity index is 1360. The number of benzene rings is 1. The number of piperidine rings is 1. The molecule has 2 heterocycles. The summed E-state index contributed by atoms with van der Waals surface area (Å²) < 4.78 is 23.0. The van der Waals surface area contributed by atoms with Gasteiger partial charge >= 0.3 is 17.9 Å². The van der Waals surface area contributed by atoms with Gasteiger partial charge in [0, 0.05) is 18.0 Å². The Morgan fingerprint density at radius 1 is 1.16 bits per heavy atom. The number of methoxy groups -OCH3 is 1. The number of hydrogen-bond donors (Lipinski definition) is 3. The van der Waals surface area contributed by atoms with Crippen molar-refractivity contribution in [3.63, 3.8) is 0 Å². The molecule has 0 saturated carbocycles. The van der Waals surface area contributed by atoms with E-state index < -0.39 is 53.1 Å². The number of carboxylic acids is 1. The second-order valence-electron chi connectivity index (χ2n) is 12.4. The molecule has 3 N–H and O–H groups in total. The number of esters is 2. The Morgan fingerprint density at radius 2 is 1.88 bits per heavy atom. The number of amides is 1. The minimum Gasteiger partial charge on any atom is -0.493 e. The molecule has 234 valence electrons. The smallest absolute Gasteiger partial charge is 0.326 e. The zero-order chi connectivity index (χ0) is 31.3. The molecule has 0 unspecified atom stereocenters. The van der Waals surface area contributed by atoms with Gasteiger partial charge in [0.15, 0.2) is 23.7 Å². The molecule has 5 rings (SSSR count). The number of carboxylic acid groups (broad SMARTS) is 1. The van der Waals surface area contributed by atoms with Crippen LogP contribution in [-0.4, -0.2) is 89.5 Å². The van der Waals surface area contributed by atoms with Crippen LogP contribution in [0.2, 0.25) is 0 Å². The van der Waals surface area contributed by atoms with Crippen molar-refractivity contribution in [2.45, 2.75) is 94.6 Å². The fraction of sp³-hybridized carbons (Fsp3) is 0.613. The Balaban J connectivity index is 1.24. The molecule has 2 aliphatic carbocycles. The molecule has 0 radical (unpaired) electrons. The second-order valence-corrected chi connectivity index (χ2v) is 12.4. The summed E-state index contributed by atoms with van der Waals surface area (Å²) in [5.41, 5.74) is 0.0315. The first-order valence-electron chi connectivity index (χ1n) is 14.7. The van der Waals surface area contributed by atoms with E-state index in [1.807, 2.05) is 33.0 Å². The first-order chi connectivity index (χ1) is 20.3. The van der Waals surface area contributed by atoms with Crippen LogP contribution in [0.15, 0.2) is 24.0 Å². The first-order valence-corrected chi connectivity index (χ1v) is 14.7. The molecule has 43 heavy (non-hydrogen) atoms. The standard InChI is InChI=1S/C31H40N2O10/c1-16(2)14-19(29(37)38)32-28(36)17(3)41-23(34)8-9-24(35)42-21-10-11-31(39)22-15-18-6-7-20(40-5)26-25(18)30(31,27(21)43-26)12-13-33(22)4/h6-7,10,16-17,19,22,27,39H,8-9,11-15H2,1-5H3,(H,32,36)(H,37,38)/t17-,19-,22-,27+,30+,31-/m0/s1. The lowest BCUT2D eigenvalue weighted by molar-refractivity contribution is -0.169. The van der Waals surface area contributed by atoms with E-state index in [4.69, 9.17) is 18.9 Å². The fourth-order valence-electron chi connectivity index (χ4n) is 7.27. The van der Waals surface area contributed by atoms with E-state index in [2.05, 4.69) is 10.2 Å². The van der Waals surface area contributed by atoms with Crippen LogP contribution in [0.3, 0.4) is 0 Å². The zero-order valence-electron chi connectivity index (χ0n) is 25.2. The predicted octanol–water partition coefficient (Wildman–Crippen LogP) is 1.84. The highest BCUT2D eigenvalue weighted by Crippen LogP contribution is 2.65. The first kappa shape index (κ1) is 30.8. The second kappa shape index (κ2) is 11.5. The van der Waals surface area contributed by atoms with Gasteiger partial charge in [-0.1, -0.05) is 19.9 Å². The van der Waals surface area contributed by atoms with Crippen LogP contribution in [0.1, 0.15) is 64.0 Å². The summed E-state index contributed by atoms with van der Waals surface area (Å²) in [7, 11) is 3.57. The SMILES string of the molecule is COc1ccc2c3c1O[C@@H]1C(OC(=O)CCC(=O)O[C@@H](C)C(=O)N[C@@H](CC(C)C)C(=O)O)=CC[C@]4(O)[C@H](C2)N(C)CC[C@@]314. The van der Waals surface area contributed by atoms with Crippen molar-refractivity contribution >= 4 is 23.8 Å². The van der Waals surface area contributed by atoms with Gasteiger partial charge in [-0.3, -0.25) is 14.4 Å². The quantitative estimate of drug-likeness (QED) is 0.318. The van der Waals surface area contributed by atoms with Gasteiger partial charge in [-0.25, -0.2) is 4.79 Å². The van der Waals surface area contributed by atoms with Crippen LogP contribution in [-0.2, 0) is 40.5 Å². The average molecular weight is 601 g/mol. The Morgan fingerprint density at radius 3 is 2.56 bits per heavy atom. The van der Waals surface area contributed by atoms with Gasteiger partial charge in [0.25, 0.3) is 5.91 Å². The molecule has 12 nitrogen and oxygen atoms in total. The lowest BCUT2D eigenvalue weighted by Crippen LogP contribution is -2.74. The summed E-state index contributed by atoms with van der Waals surface area (Å²) in [6, 6.07) is 2.63. The number of likely N-dealkylation sites (N-methyl/N-ethyl adjacent to an activating group) is 1. The molecule has 1 aromatic carbocycles. The van der Waals surface area contributed by atoms with Gasteiger partial charge < -0.3 is 39.4 Å². The maximum absolute atomic E-state index is 12.9. The molecular weight excluding hydrogens is 560 g/mol. The van der Waals surface area contributed by atoms with Crippen molar-refractivity contribution in [1.29, 1.82) is 0 Å². The van der Waals surface area contributed by atoms with Crippen molar-refractivity contribution in [3.8, 4) is 11.5 Å². The molecule has 0 aromatic heterocycles. The van der Waals surface area contributed by atoms with Crippen molar-refractivity contribution in [2.24, 2.45) is 5.92 Å². The van der Waals surface area contributed by atoms with E-state index in [9.17, 15) is 29.4 Å². The predicted molar refractivity (Wildman–Crippen MR) is 151 cm³/mol. The summed E-state index contributed by atoms with van der Waals surface area (Å²) in [6.07, 6.45) is 0.803. The monoisotopic (exact) mass is 600 g/mol. The van der Waals surface area contributed by atoms with Gasteiger partial charge in [0.2, 0.25) is 0 Å². The fourth-order valence-corrected chi connectivity index (χ4v) is 7.27. The maximum atomic E-state index is 12.9. The molecule has 2 aliphatic heterocycles. The number of aliphatic hydroxyl groups is 1. The minimum absolute atomic E-state index is 0.0322. The molecule has 6 atom stereocenters. The van der Waals surface area contributed by atoms with E-state index >= 15 is 0 Å². The molecule has 2 bridgehead atoms. The Kier molecular flexibility index (Phi) is 8.21. The number of nitrogens with zero attached hydrogens (tertiary/aromatic N) is 1. The van der Waals surface area contributed by atoms with E-state index in [0.717, 1.165) is 17.7 Å². The largest absolute Gasteiger partial charge is 0.493 e. The number of likely N-dealkylation sites (tertiary alicyclic amines) is 1. The number of carbonyl (C=O) groups excluding carboxylic acids is 3. The molecule has 1 fully saturated rings.